The van der Waals surface area contributed by atoms with Crippen molar-refractivity contribution in [3.63, 3.8) is 0 Å². The third kappa shape index (κ3) is 3.64. The third-order valence-electron chi connectivity index (χ3n) is 4.33. The standard InChI is InChI=1S/C15H26N2O3/c1-3-7-16(10-12-4-5-12)15(20)17-8-6-11(2)9-13(17)14(18)19/h11-13H,3-10H2,1-2H3,(H,18,19). The SMILES string of the molecule is CCCN(CC1CC1)C(=O)N1CCC(C)CC1C(=O)O. The molecule has 2 aliphatic rings. The Morgan fingerprint density at radius 1 is 1.30 bits per heavy atom. The summed E-state index contributed by atoms with van der Waals surface area (Å²) in [6.07, 6.45) is 4.80. The second-order valence-electron chi connectivity index (χ2n) is 6.35. The lowest BCUT2D eigenvalue weighted by Gasteiger charge is -2.39. The summed E-state index contributed by atoms with van der Waals surface area (Å²) in [5, 5.41) is 9.37. The van der Waals surface area contributed by atoms with Crippen LogP contribution in [0.1, 0.15) is 46.0 Å². The molecule has 114 valence electrons. The summed E-state index contributed by atoms with van der Waals surface area (Å²) >= 11 is 0. The maximum absolute atomic E-state index is 12.7. The molecule has 2 rings (SSSR count). The van der Waals surface area contributed by atoms with E-state index in [0.717, 1.165) is 25.9 Å². The zero-order valence-electron chi connectivity index (χ0n) is 12.5. The first-order valence-electron chi connectivity index (χ1n) is 7.81. The lowest BCUT2D eigenvalue weighted by molar-refractivity contribution is -0.144. The van der Waals surface area contributed by atoms with E-state index in [0.29, 0.717) is 24.8 Å². The maximum atomic E-state index is 12.7. The zero-order valence-corrected chi connectivity index (χ0v) is 12.5. The van der Waals surface area contributed by atoms with E-state index < -0.39 is 12.0 Å². The molecule has 0 radical (unpaired) electrons. The number of piperidine rings is 1. The van der Waals surface area contributed by atoms with Gasteiger partial charge in [-0.2, -0.15) is 0 Å². The Morgan fingerprint density at radius 3 is 2.55 bits per heavy atom. The average molecular weight is 282 g/mol. The molecule has 1 saturated carbocycles. The molecule has 2 atom stereocenters. The lowest BCUT2D eigenvalue weighted by Crippen LogP contribution is -2.54. The van der Waals surface area contributed by atoms with Crippen LogP contribution < -0.4 is 0 Å². The Kier molecular flexibility index (Phi) is 4.89. The van der Waals surface area contributed by atoms with Gasteiger partial charge in [0.1, 0.15) is 6.04 Å². The molecule has 0 aromatic heterocycles. The van der Waals surface area contributed by atoms with Gasteiger partial charge in [0.2, 0.25) is 0 Å². The zero-order chi connectivity index (χ0) is 14.7. The molecule has 5 nitrogen and oxygen atoms in total. The minimum atomic E-state index is -0.868. The highest BCUT2D eigenvalue weighted by atomic mass is 16.4. The van der Waals surface area contributed by atoms with Crippen LogP contribution in [0.15, 0.2) is 0 Å². The summed E-state index contributed by atoms with van der Waals surface area (Å²) in [5.41, 5.74) is 0. The largest absolute Gasteiger partial charge is 0.480 e. The molecule has 0 bridgehead atoms. The van der Waals surface area contributed by atoms with Crippen LogP contribution in [0.25, 0.3) is 0 Å². The first-order chi connectivity index (χ1) is 9.52. The Morgan fingerprint density at radius 2 is 2.00 bits per heavy atom. The quantitative estimate of drug-likeness (QED) is 0.842. The number of urea groups is 1. The maximum Gasteiger partial charge on any atom is 0.326 e. The number of rotatable bonds is 5. The Balaban J connectivity index is 2.04. The summed E-state index contributed by atoms with van der Waals surface area (Å²) in [4.78, 5) is 27.5. The van der Waals surface area contributed by atoms with Gasteiger partial charge < -0.3 is 14.9 Å². The van der Waals surface area contributed by atoms with Crippen LogP contribution >= 0.6 is 0 Å². The fourth-order valence-electron chi connectivity index (χ4n) is 2.93. The van der Waals surface area contributed by atoms with Gasteiger partial charge in [-0.3, -0.25) is 0 Å². The van der Waals surface area contributed by atoms with Gasteiger partial charge in [0.25, 0.3) is 0 Å². The fourth-order valence-corrected chi connectivity index (χ4v) is 2.93. The van der Waals surface area contributed by atoms with Crippen molar-refractivity contribution in [1.29, 1.82) is 0 Å². The van der Waals surface area contributed by atoms with E-state index >= 15 is 0 Å². The molecule has 0 aromatic rings. The molecule has 0 aromatic carbocycles. The molecule has 1 aliphatic carbocycles. The number of carbonyl (C=O) groups excluding carboxylic acids is 1. The molecular formula is C15H26N2O3. The van der Waals surface area contributed by atoms with E-state index in [1.54, 1.807) is 4.90 Å². The number of carboxylic acid groups (broad SMARTS) is 1. The summed E-state index contributed by atoms with van der Waals surface area (Å²) < 4.78 is 0. The second-order valence-corrected chi connectivity index (χ2v) is 6.35. The first kappa shape index (κ1) is 15.1. The number of carboxylic acids is 1. The average Bonchev–Trinajstić information content (AvgIpc) is 3.21. The predicted molar refractivity (Wildman–Crippen MR) is 76.5 cm³/mol. The van der Waals surface area contributed by atoms with Gasteiger partial charge in [0.15, 0.2) is 0 Å². The van der Waals surface area contributed by atoms with E-state index in [1.807, 2.05) is 4.90 Å². The third-order valence-corrected chi connectivity index (χ3v) is 4.33. The fraction of sp³-hybridized carbons (Fsp3) is 0.867. The Bertz CT molecular complexity index is 368. The predicted octanol–water partition coefficient (Wildman–Crippen LogP) is 2.41. The topological polar surface area (TPSA) is 60.9 Å². The molecule has 1 N–H and O–H groups in total. The van der Waals surface area contributed by atoms with Gasteiger partial charge in [0.05, 0.1) is 0 Å². The number of carbonyl (C=O) groups is 2. The number of nitrogens with zero attached hydrogens (tertiary/aromatic N) is 2. The Hall–Kier alpha value is -1.26. The van der Waals surface area contributed by atoms with Crippen molar-refractivity contribution in [2.75, 3.05) is 19.6 Å². The molecule has 2 unspecified atom stereocenters. The van der Waals surface area contributed by atoms with Gasteiger partial charge in [0, 0.05) is 19.6 Å². The highest BCUT2D eigenvalue weighted by Gasteiger charge is 2.37. The summed E-state index contributed by atoms with van der Waals surface area (Å²) in [6.45, 7) is 6.21. The summed E-state index contributed by atoms with van der Waals surface area (Å²) in [6, 6.07) is -0.720. The van der Waals surface area contributed by atoms with Crippen LogP contribution in [-0.4, -0.2) is 52.6 Å². The highest BCUT2D eigenvalue weighted by Crippen LogP contribution is 2.31. The van der Waals surface area contributed by atoms with Gasteiger partial charge in [-0.05, 0) is 43.9 Å². The van der Waals surface area contributed by atoms with Crippen LogP contribution in [0.3, 0.4) is 0 Å². The van der Waals surface area contributed by atoms with E-state index in [-0.39, 0.29) is 6.03 Å². The molecule has 0 spiro atoms. The molecule has 1 aliphatic heterocycles. The van der Waals surface area contributed by atoms with Crippen molar-refractivity contribution in [2.24, 2.45) is 11.8 Å². The minimum absolute atomic E-state index is 0.0712. The van der Waals surface area contributed by atoms with Gasteiger partial charge in [-0.15, -0.1) is 0 Å². The molecule has 2 amide bonds. The van der Waals surface area contributed by atoms with Gasteiger partial charge >= 0.3 is 12.0 Å². The van der Waals surface area contributed by atoms with Crippen LogP contribution in [0.4, 0.5) is 4.79 Å². The molecule has 20 heavy (non-hydrogen) atoms. The highest BCUT2D eigenvalue weighted by molar-refractivity contribution is 5.83. The van der Waals surface area contributed by atoms with Crippen molar-refractivity contribution in [2.45, 2.75) is 52.0 Å². The van der Waals surface area contributed by atoms with Gasteiger partial charge in [-0.1, -0.05) is 13.8 Å². The van der Waals surface area contributed by atoms with Crippen LogP contribution in [0.2, 0.25) is 0 Å². The minimum Gasteiger partial charge on any atom is -0.480 e. The van der Waals surface area contributed by atoms with Gasteiger partial charge in [-0.25, -0.2) is 9.59 Å². The van der Waals surface area contributed by atoms with Crippen molar-refractivity contribution in [1.82, 2.24) is 9.80 Å². The van der Waals surface area contributed by atoms with Crippen molar-refractivity contribution >= 4 is 12.0 Å². The smallest absolute Gasteiger partial charge is 0.326 e. The first-order valence-corrected chi connectivity index (χ1v) is 7.81. The molecular weight excluding hydrogens is 256 g/mol. The van der Waals surface area contributed by atoms with E-state index in [9.17, 15) is 14.7 Å². The molecule has 1 saturated heterocycles. The lowest BCUT2D eigenvalue weighted by atomic mass is 9.92. The molecule has 1 heterocycles. The summed E-state index contributed by atoms with van der Waals surface area (Å²) in [7, 11) is 0. The number of hydrogen-bond donors (Lipinski definition) is 1. The summed E-state index contributed by atoms with van der Waals surface area (Å²) in [5.74, 6) is 0.147. The molecule has 5 heteroatoms. The van der Waals surface area contributed by atoms with Crippen molar-refractivity contribution < 1.29 is 14.7 Å². The monoisotopic (exact) mass is 282 g/mol. The van der Waals surface area contributed by atoms with E-state index in [2.05, 4.69) is 13.8 Å². The molecule has 2 fully saturated rings. The van der Waals surface area contributed by atoms with Crippen LogP contribution in [0, 0.1) is 11.8 Å². The van der Waals surface area contributed by atoms with E-state index in [4.69, 9.17) is 0 Å². The van der Waals surface area contributed by atoms with Crippen LogP contribution in [-0.2, 0) is 4.79 Å². The normalized spacial score (nSPS) is 26.4. The van der Waals surface area contributed by atoms with E-state index in [1.165, 1.54) is 12.8 Å². The Labute approximate surface area is 120 Å². The number of aliphatic carboxylic acids is 1. The number of hydrogen-bond acceptors (Lipinski definition) is 2. The van der Waals surface area contributed by atoms with Crippen molar-refractivity contribution in [3.8, 4) is 0 Å². The second kappa shape index (κ2) is 6.46. The number of amides is 2. The number of likely N-dealkylation sites (tertiary alicyclic amines) is 1. The van der Waals surface area contributed by atoms with Crippen molar-refractivity contribution in [3.05, 3.63) is 0 Å². The van der Waals surface area contributed by atoms with Crippen LogP contribution in [0.5, 0.6) is 0 Å².